The van der Waals surface area contributed by atoms with Crippen LogP contribution in [0.1, 0.15) is 67.8 Å². The summed E-state index contributed by atoms with van der Waals surface area (Å²) in [7, 11) is 0. The van der Waals surface area contributed by atoms with Crippen molar-refractivity contribution < 1.29 is 14.4 Å². The van der Waals surface area contributed by atoms with E-state index in [1.54, 1.807) is 0 Å². The maximum Gasteiger partial charge on any atom is 0.251 e. The third kappa shape index (κ3) is 5.37. The molecule has 0 spiro atoms. The Balaban J connectivity index is 1.61. The Bertz CT molecular complexity index is 749. The van der Waals surface area contributed by atoms with E-state index in [2.05, 4.69) is 10.6 Å². The molecule has 2 aliphatic rings. The molecule has 2 N–H and O–H groups in total. The predicted molar refractivity (Wildman–Crippen MR) is 112 cm³/mol. The van der Waals surface area contributed by atoms with Crippen LogP contribution in [0, 0.1) is 12.8 Å². The number of aryl methyl sites for hydroxylation is 1. The van der Waals surface area contributed by atoms with Gasteiger partial charge in [0.25, 0.3) is 5.91 Å². The summed E-state index contributed by atoms with van der Waals surface area (Å²) in [5, 5.41) is 6.35. The molecule has 1 heterocycles. The zero-order valence-electron chi connectivity index (χ0n) is 17.6. The number of nitrogens with zero attached hydrogens (tertiary/aromatic N) is 1. The van der Waals surface area contributed by atoms with Crippen molar-refractivity contribution in [3.63, 3.8) is 0 Å². The van der Waals surface area contributed by atoms with Crippen LogP contribution in [0.4, 0.5) is 0 Å². The van der Waals surface area contributed by atoms with Crippen molar-refractivity contribution in [3.8, 4) is 0 Å². The van der Waals surface area contributed by atoms with Gasteiger partial charge in [-0.3, -0.25) is 14.4 Å². The molecule has 1 aromatic rings. The third-order valence-corrected chi connectivity index (χ3v) is 6.25. The molecular weight excluding hydrogens is 366 g/mol. The molecule has 0 bridgehead atoms. The lowest BCUT2D eigenvalue weighted by atomic mass is 9.88. The number of nitrogens with one attached hydrogen (secondary N) is 2. The van der Waals surface area contributed by atoms with Gasteiger partial charge in [-0.1, -0.05) is 38.0 Å². The van der Waals surface area contributed by atoms with Gasteiger partial charge in [-0.2, -0.15) is 0 Å². The van der Waals surface area contributed by atoms with Gasteiger partial charge in [0.15, 0.2) is 0 Å². The van der Waals surface area contributed by atoms with Gasteiger partial charge in [0.2, 0.25) is 11.8 Å². The molecule has 6 nitrogen and oxygen atoms in total. The summed E-state index contributed by atoms with van der Waals surface area (Å²) in [6.07, 6.45) is 5.99. The lowest BCUT2D eigenvalue weighted by Crippen LogP contribution is -2.55. The molecule has 1 aliphatic carbocycles. The molecule has 1 aromatic carbocycles. The molecule has 3 atom stereocenters. The SMILES string of the molecule is CCC(=O)N1CCCC(C(=O)N[C@@H]2CCCC[C@H]2NC(=O)c2ccccc2C)C1. The van der Waals surface area contributed by atoms with E-state index in [1.165, 1.54) is 0 Å². The molecule has 3 amide bonds. The van der Waals surface area contributed by atoms with E-state index in [9.17, 15) is 14.4 Å². The van der Waals surface area contributed by atoms with Gasteiger partial charge in [0, 0.05) is 37.2 Å². The van der Waals surface area contributed by atoms with Gasteiger partial charge in [0.1, 0.15) is 0 Å². The van der Waals surface area contributed by atoms with Crippen LogP contribution < -0.4 is 10.6 Å². The van der Waals surface area contributed by atoms with Gasteiger partial charge >= 0.3 is 0 Å². The number of carbonyl (C=O) groups is 3. The topological polar surface area (TPSA) is 78.5 Å². The smallest absolute Gasteiger partial charge is 0.251 e. The predicted octanol–water partition coefficient (Wildman–Crippen LogP) is 2.80. The van der Waals surface area contributed by atoms with Crippen molar-refractivity contribution >= 4 is 17.7 Å². The Morgan fingerprint density at radius 1 is 1.00 bits per heavy atom. The zero-order chi connectivity index (χ0) is 20.8. The molecule has 1 saturated carbocycles. The standard InChI is InChI=1S/C23H33N3O3/c1-3-21(27)26-14-8-10-17(15-26)22(28)24-19-12-6-7-13-20(19)25-23(29)18-11-5-4-9-16(18)2/h4-5,9,11,17,19-20H,3,6-8,10,12-15H2,1-2H3,(H,24,28)(H,25,29)/t17?,19-,20-/m1/s1. The third-order valence-electron chi connectivity index (χ3n) is 6.25. The van der Waals surface area contributed by atoms with Crippen molar-refractivity contribution in [1.29, 1.82) is 0 Å². The highest BCUT2D eigenvalue weighted by atomic mass is 16.2. The molecule has 1 unspecified atom stereocenters. The number of likely N-dealkylation sites (tertiary alicyclic amines) is 1. The summed E-state index contributed by atoms with van der Waals surface area (Å²) in [6, 6.07) is 7.45. The minimum absolute atomic E-state index is 0.0145. The summed E-state index contributed by atoms with van der Waals surface area (Å²) >= 11 is 0. The lowest BCUT2D eigenvalue weighted by molar-refractivity contribution is -0.135. The largest absolute Gasteiger partial charge is 0.351 e. The molecule has 158 valence electrons. The van der Waals surface area contributed by atoms with Gasteiger partial charge in [-0.25, -0.2) is 0 Å². The second-order valence-corrected chi connectivity index (χ2v) is 8.33. The van der Waals surface area contributed by atoms with Crippen molar-refractivity contribution in [3.05, 3.63) is 35.4 Å². The van der Waals surface area contributed by atoms with E-state index in [0.29, 0.717) is 18.5 Å². The normalized spacial score (nSPS) is 24.6. The average Bonchev–Trinajstić information content (AvgIpc) is 2.74. The molecule has 1 aliphatic heterocycles. The maximum atomic E-state index is 12.9. The second kappa shape index (κ2) is 9.90. The summed E-state index contributed by atoms with van der Waals surface area (Å²) in [5.41, 5.74) is 1.63. The van der Waals surface area contributed by atoms with Crippen LogP contribution in [0.25, 0.3) is 0 Å². The second-order valence-electron chi connectivity index (χ2n) is 8.33. The van der Waals surface area contributed by atoms with Crippen LogP contribution in [-0.4, -0.2) is 47.8 Å². The average molecular weight is 400 g/mol. The number of amides is 3. The fourth-order valence-electron chi connectivity index (χ4n) is 4.49. The van der Waals surface area contributed by atoms with Gasteiger partial charge < -0.3 is 15.5 Å². The number of rotatable bonds is 5. The van der Waals surface area contributed by atoms with E-state index in [-0.39, 0.29) is 35.7 Å². The van der Waals surface area contributed by atoms with Gasteiger partial charge in [0.05, 0.1) is 5.92 Å². The Labute approximate surface area is 173 Å². The van der Waals surface area contributed by atoms with Gasteiger partial charge in [-0.05, 0) is 44.2 Å². The minimum Gasteiger partial charge on any atom is -0.351 e. The summed E-state index contributed by atoms with van der Waals surface area (Å²) in [6.45, 7) is 5.04. The number of benzene rings is 1. The van der Waals surface area contributed by atoms with Crippen LogP contribution in [0.15, 0.2) is 24.3 Å². The molecule has 0 aromatic heterocycles. The van der Waals surface area contributed by atoms with Crippen LogP contribution in [0.2, 0.25) is 0 Å². The van der Waals surface area contributed by atoms with Crippen molar-refractivity contribution in [2.24, 2.45) is 5.92 Å². The molecule has 29 heavy (non-hydrogen) atoms. The van der Waals surface area contributed by atoms with E-state index >= 15 is 0 Å². The fraction of sp³-hybridized carbons (Fsp3) is 0.609. The van der Waals surface area contributed by atoms with Crippen LogP contribution in [-0.2, 0) is 9.59 Å². The molecule has 2 fully saturated rings. The zero-order valence-corrected chi connectivity index (χ0v) is 17.6. The van der Waals surface area contributed by atoms with Crippen molar-refractivity contribution in [1.82, 2.24) is 15.5 Å². The van der Waals surface area contributed by atoms with E-state index in [1.807, 2.05) is 43.0 Å². The minimum atomic E-state index is -0.158. The maximum absolute atomic E-state index is 12.9. The van der Waals surface area contributed by atoms with Gasteiger partial charge in [-0.15, -0.1) is 0 Å². The van der Waals surface area contributed by atoms with Crippen LogP contribution >= 0.6 is 0 Å². The van der Waals surface area contributed by atoms with E-state index in [4.69, 9.17) is 0 Å². The number of piperidine rings is 1. The first-order valence-electron chi connectivity index (χ1n) is 10.9. The van der Waals surface area contributed by atoms with Crippen LogP contribution in [0.5, 0.6) is 0 Å². The Hall–Kier alpha value is -2.37. The number of carbonyl (C=O) groups excluding carboxylic acids is 3. The number of hydrogen-bond donors (Lipinski definition) is 2. The molecule has 1 saturated heterocycles. The Kier molecular flexibility index (Phi) is 7.29. The Morgan fingerprint density at radius 2 is 1.69 bits per heavy atom. The van der Waals surface area contributed by atoms with Crippen molar-refractivity contribution in [2.45, 2.75) is 70.9 Å². The van der Waals surface area contributed by atoms with E-state index in [0.717, 1.165) is 50.6 Å². The summed E-state index contributed by atoms with van der Waals surface area (Å²) in [5.74, 6) is -0.107. The molecular formula is C23H33N3O3. The molecule has 6 heteroatoms. The highest BCUT2D eigenvalue weighted by Crippen LogP contribution is 2.22. The fourth-order valence-corrected chi connectivity index (χ4v) is 4.49. The lowest BCUT2D eigenvalue weighted by Gasteiger charge is -2.36. The molecule has 0 radical (unpaired) electrons. The first kappa shape index (κ1) is 21.3. The van der Waals surface area contributed by atoms with Crippen LogP contribution in [0.3, 0.4) is 0 Å². The first-order chi connectivity index (χ1) is 14.0. The quantitative estimate of drug-likeness (QED) is 0.799. The number of hydrogen-bond acceptors (Lipinski definition) is 3. The Morgan fingerprint density at radius 3 is 2.38 bits per heavy atom. The summed E-state index contributed by atoms with van der Waals surface area (Å²) in [4.78, 5) is 39.5. The monoisotopic (exact) mass is 399 g/mol. The first-order valence-corrected chi connectivity index (χ1v) is 10.9. The summed E-state index contributed by atoms with van der Waals surface area (Å²) < 4.78 is 0. The van der Waals surface area contributed by atoms with E-state index < -0.39 is 0 Å². The highest BCUT2D eigenvalue weighted by Gasteiger charge is 2.32. The highest BCUT2D eigenvalue weighted by molar-refractivity contribution is 5.95. The molecule has 3 rings (SSSR count). The van der Waals surface area contributed by atoms with Crippen molar-refractivity contribution in [2.75, 3.05) is 13.1 Å².